The number of aryl methyl sites for hydroxylation is 1. The smallest absolute Gasteiger partial charge is 0.262 e. The third kappa shape index (κ3) is 5.88. The molecule has 0 aliphatic heterocycles. The molecule has 3 N–H and O–H groups in total. The van der Waals surface area contributed by atoms with Crippen LogP contribution >= 0.6 is 34.8 Å². The molecule has 0 saturated heterocycles. The van der Waals surface area contributed by atoms with Crippen LogP contribution in [-0.4, -0.2) is 21.4 Å². The van der Waals surface area contributed by atoms with Crippen LogP contribution in [0.25, 0.3) is 0 Å². The number of nitrogens with one attached hydrogen (secondary N) is 1. The van der Waals surface area contributed by atoms with Crippen molar-refractivity contribution in [2.45, 2.75) is 43.2 Å². The fraction of sp³-hybridized carbons (Fsp3) is 0.500. The van der Waals surface area contributed by atoms with E-state index in [-0.39, 0.29) is 11.4 Å². The minimum atomic E-state index is -1.59. The van der Waals surface area contributed by atoms with Gasteiger partial charge in [-0.15, -0.1) is 0 Å². The highest BCUT2D eigenvalue weighted by molar-refractivity contribution is 6.68. The molecule has 0 fully saturated rings. The molecular weight excluding hydrogens is 319 g/mol. The van der Waals surface area contributed by atoms with Crippen LogP contribution in [0, 0.1) is 6.92 Å². The highest BCUT2D eigenvalue weighted by atomic mass is 35.6. The number of halogens is 3. The van der Waals surface area contributed by atoms with Crippen molar-refractivity contribution in [2.75, 3.05) is 0 Å². The Labute approximate surface area is 135 Å². The van der Waals surface area contributed by atoms with Crippen molar-refractivity contribution in [3.05, 3.63) is 35.4 Å². The van der Waals surface area contributed by atoms with Crippen molar-refractivity contribution in [3.63, 3.8) is 0 Å². The maximum Gasteiger partial charge on any atom is 0.262 e. The topological polar surface area (TPSA) is 45.7 Å². The van der Waals surface area contributed by atoms with E-state index in [9.17, 15) is 4.79 Å². The van der Waals surface area contributed by atoms with Gasteiger partial charge in [0.1, 0.15) is 0 Å². The zero-order valence-corrected chi connectivity index (χ0v) is 14.3. The number of hydrogen-bond donors (Lipinski definition) is 2. The molecule has 0 heterocycles. The molecule has 3 nitrogen and oxygen atoms in total. The summed E-state index contributed by atoms with van der Waals surface area (Å²) in [5, 5.41) is 4.59. The highest BCUT2D eigenvalue weighted by Gasteiger charge is 2.40. The van der Waals surface area contributed by atoms with Gasteiger partial charge in [0.15, 0.2) is 0 Å². The fourth-order valence-electron chi connectivity index (χ4n) is 1.73. The van der Waals surface area contributed by atoms with Gasteiger partial charge in [0.25, 0.3) is 9.70 Å². The molecule has 0 aliphatic carbocycles. The summed E-state index contributed by atoms with van der Waals surface area (Å²) in [5.74, 6) is -0.259. The van der Waals surface area contributed by atoms with Crippen LogP contribution in [0.1, 0.15) is 36.7 Å². The summed E-state index contributed by atoms with van der Waals surface area (Å²) in [6.45, 7) is 7.87. The second-order valence-corrected chi connectivity index (χ2v) is 8.26. The monoisotopic (exact) mass is 337 g/mol. The lowest BCUT2D eigenvalue weighted by atomic mass is 10.1. The van der Waals surface area contributed by atoms with Gasteiger partial charge < -0.3 is 5.32 Å². The van der Waals surface area contributed by atoms with E-state index >= 15 is 0 Å². The Hall–Kier alpha value is -0.480. The van der Waals surface area contributed by atoms with Crippen LogP contribution in [0.5, 0.6) is 0 Å². The summed E-state index contributed by atoms with van der Waals surface area (Å²) < 4.78 is -1.59. The molecule has 1 aromatic rings. The van der Waals surface area contributed by atoms with E-state index in [2.05, 4.69) is 5.32 Å². The minimum Gasteiger partial charge on any atom is -0.319 e. The van der Waals surface area contributed by atoms with Crippen LogP contribution < -0.4 is 10.6 Å². The molecule has 1 aromatic carbocycles. The molecule has 0 saturated carbocycles. The maximum absolute atomic E-state index is 12.2. The van der Waals surface area contributed by atoms with E-state index < -0.39 is 9.96 Å². The van der Waals surface area contributed by atoms with Crippen LogP contribution in [-0.2, 0) is 0 Å². The Bertz CT molecular complexity index is 478. The van der Waals surface area contributed by atoms with Gasteiger partial charge in [0.05, 0.1) is 5.54 Å². The van der Waals surface area contributed by atoms with Crippen LogP contribution in [0.3, 0.4) is 0 Å². The van der Waals surface area contributed by atoms with Gasteiger partial charge in [-0.05, 0) is 39.8 Å². The number of rotatable bonds is 3. The second-order valence-electron chi connectivity index (χ2n) is 5.89. The van der Waals surface area contributed by atoms with Gasteiger partial charge >= 0.3 is 0 Å². The Morgan fingerprint density at radius 2 is 1.85 bits per heavy atom. The van der Waals surface area contributed by atoms with E-state index in [4.69, 9.17) is 34.8 Å². The number of alkyl halides is 3. The number of hydrogen-bond acceptors (Lipinski definition) is 1. The van der Waals surface area contributed by atoms with Gasteiger partial charge in [0.2, 0.25) is 6.17 Å². The molecule has 112 valence electrons. The van der Waals surface area contributed by atoms with Gasteiger partial charge in [-0.25, -0.2) is 0 Å². The molecule has 20 heavy (non-hydrogen) atoms. The lowest BCUT2D eigenvalue weighted by Crippen LogP contribution is -3.03. The van der Waals surface area contributed by atoms with Crippen LogP contribution in [0.4, 0.5) is 0 Å². The van der Waals surface area contributed by atoms with Gasteiger partial charge in [-0.3, -0.25) is 10.1 Å². The number of nitrogens with two attached hydrogens (primary N) is 1. The van der Waals surface area contributed by atoms with Crippen LogP contribution in [0.15, 0.2) is 24.3 Å². The first-order valence-corrected chi connectivity index (χ1v) is 7.43. The number of quaternary nitrogens is 1. The maximum atomic E-state index is 12.2. The highest BCUT2D eigenvalue weighted by Crippen LogP contribution is 2.28. The minimum absolute atomic E-state index is 0.186. The first-order valence-electron chi connectivity index (χ1n) is 6.29. The average Bonchev–Trinajstić information content (AvgIpc) is 2.25. The van der Waals surface area contributed by atoms with E-state index in [0.29, 0.717) is 5.56 Å². The van der Waals surface area contributed by atoms with Crippen molar-refractivity contribution >= 4 is 40.7 Å². The molecule has 0 bridgehead atoms. The second kappa shape index (κ2) is 6.52. The molecule has 1 unspecified atom stereocenters. The summed E-state index contributed by atoms with van der Waals surface area (Å²) in [7, 11) is 0. The Morgan fingerprint density at radius 1 is 1.25 bits per heavy atom. The molecule has 1 rings (SSSR count). The van der Waals surface area contributed by atoms with Gasteiger partial charge in [-0.2, -0.15) is 0 Å². The van der Waals surface area contributed by atoms with Crippen molar-refractivity contribution < 1.29 is 10.1 Å². The Balaban J connectivity index is 2.88. The van der Waals surface area contributed by atoms with Crippen molar-refractivity contribution in [1.82, 2.24) is 5.32 Å². The summed E-state index contributed by atoms with van der Waals surface area (Å²) in [5.41, 5.74) is 1.36. The molecule has 0 radical (unpaired) electrons. The predicted molar refractivity (Wildman–Crippen MR) is 84.4 cm³/mol. The quantitative estimate of drug-likeness (QED) is 0.646. The van der Waals surface area contributed by atoms with Crippen LogP contribution in [0.2, 0.25) is 0 Å². The SMILES string of the molecule is Cc1cccc(C(=O)NC([NH2+]C(C)(C)C)C(Cl)(Cl)Cl)c1. The molecule has 0 aromatic heterocycles. The lowest BCUT2D eigenvalue weighted by molar-refractivity contribution is -0.749. The fourth-order valence-corrected chi connectivity index (χ4v) is 2.08. The predicted octanol–water partition coefficient (Wildman–Crippen LogP) is 2.78. The van der Waals surface area contributed by atoms with E-state index in [0.717, 1.165) is 5.56 Å². The van der Waals surface area contributed by atoms with Crippen molar-refractivity contribution in [2.24, 2.45) is 0 Å². The van der Waals surface area contributed by atoms with Crippen molar-refractivity contribution in [1.29, 1.82) is 0 Å². The summed E-state index contributed by atoms with van der Waals surface area (Å²) in [6.07, 6.45) is -0.666. The van der Waals surface area contributed by atoms with Crippen molar-refractivity contribution in [3.8, 4) is 0 Å². The molecule has 6 heteroatoms. The number of benzene rings is 1. The zero-order valence-electron chi connectivity index (χ0n) is 12.0. The lowest BCUT2D eigenvalue weighted by Gasteiger charge is -2.29. The average molecular weight is 339 g/mol. The largest absolute Gasteiger partial charge is 0.319 e. The Morgan fingerprint density at radius 3 is 2.30 bits per heavy atom. The Kier molecular flexibility index (Phi) is 5.73. The first kappa shape index (κ1) is 17.6. The van der Waals surface area contributed by atoms with E-state index in [1.807, 2.05) is 45.1 Å². The molecule has 0 aliphatic rings. The molecule has 0 spiro atoms. The molecule has 1 atom stereocenters. The third-order valence-electron chi connectivity index (χ3n) is 2.59. The standard InChI is InChI=1S/C14H19Cl3N2O/c1-9-6-5-7-10(8-9)11(20)18-12(14(15,16)17)19-13(2,3)4/h5-8,12,19H,1-4H3,(H,18,20)/p+1. The normalized spacial score (nSPS) is 13.9. The summed E-state index contributed by atoms with van der Waals surface area (Å²) in [4.78, 5) is 12.2. The summed E-state index contributed by atoms with van der Waals surface area (Å²) in [6, 6.07) is 7.27. The molecule has 1 amide bonds. The number of carbonyl (C=O) groups excluding carboxylic acids is 1. The number of amides is 1. The third-order valence-corrected chi connectivity index (χ3v) is 3.29. The summed E-state index contributed by atoms with van der Waals surface area (Å²) >= 11 is 17.9. The van der Waals surface area contributed by atoms with Gasteiger partial charge in [0, 0.05) is 5.56 Å². The van der Waals surface area contributed by atoms with Gasteiger partial charge in [-0.1, -0.05) is 52.5 Å². The zero-order chi connectivity index (χ0) is 15.6. The first-order chi connectivity index (χ1) is 8.99. The molecular formula is C14H20Cl3N2O+. The van der Waals surface area contributed by atoms with E-state index in [1.54, 1.807) is 12.1 Å². The number of carbonyl (C=O) groups is 1. The van der Waals surface area contributed by atoms with E-state index in [1.165, 1.54) is 0 Å².